The molecule has 1 aliphatic heterocycles. The van der Waals surface area contributed by atoms with Gasteiger partial charge in [0.2, 0.25) is 5.91 Å². The molecule has 3 nitrogen and oxygen atoms in total. The van der Waals surface area contributed by atoms with E-state index in [4.69, 9.17) is 16.3 Å². The molecular weight excluding hydrogens is 257 g/mol. The van der Waals surface area contributed by atoms with Gasteiger partial charge < -0.3 is 10.1 Å². The maximum Gasteiger partial charge on any atom is 0.224 e. The van der Waals surface area contributed by atoms with E-state index in [0.29, 0.717) is 17.9 Å². The number of benzene rings is 1. The van der Waals surface area contributed by atoms with Crippen LogP contribution >= 0.6 is 11.6 Å². The highest BCUT2D eigenvalue weighted by atomic mass is 35.5. The van der Waals surface area contributed by atoms with Crippen molar-refractivity contribution in [2.24, 2.45) is 0 Å². The average molecular weight is 272 g/mol. The molecule has 1 N–H and O–H groups in total. The lowest BCUT2D eigenvalue weighted by molar-refractivity contribution is -0.116. The molecule has 1 amide bonds. The Hall–Kier alpha value is -1.13. The minimum Gasteiger partial charge on any atom is -0.378 e. The molecule has 0 spiro atoms. The molecule has 18 heavy (non-hydrogen) atoms. The normalized spacial score (nSPS) is 18.9. The molecule has 2 rings (SSSR count). The summed E-state index contributed by atoms with van der Waals surface area (Å²) in [5.41, 5.74) is 0.164. The van der Waals surface area contributed by atoms with Crippen LogP contribution in [0.2, 0.25) is 5.02 Å². The predicted molar refractivity (Wildman–Crippen MR) is 68.2 cm³/mol. The molecule has 1 aliphatic rings. The highest BCUT2D eigenvalue weighted by Gasteiger charge is 2.17. The van der Waals surface area contributed by atoms with Crippen molar-refractivity contribution in [2.75, 3.05) is 11.9 Å². The number of carbonyl (C=O) groups excluding carboxylic acids is 1. The van der Waals surface area contributed by atoms with E-state index in [0.717, 1.165) is 19.4 Å². The second-order valence-electron chi connectivity index (χ2n) is 4.35. The van der Waals surface area contributed by atoms with Gasteiger partial charge in [0.1, 0.15) is 5.82 Å². The number of anilines is 1. The number of carbonyl (C=O) groups is 1. The Bertz CT molecular complexity index is 433. The van der Waals surface area contributed by atoms with Crippen LogP contribution in [0.25, 0.3) is 0 Å². The first-order valence-corrected chi connectivity index (χ1v) is 6.39. The van der Waals surface area contributed by atoms with Crippen molar-refractivity contribution in [3.8, 4) is 0 Å². The Morgan fingerprint density at radius 1 is 1.56 bits per heavy atom. The number of halogens is 2. The van der Waals surface area contributed by atoms with E-state index in [2.05, 4.69) is 5.32 Å². The van der Waals surface area contributed by atoms with Crippen molar-refractivity contribution < 1.29 is 13.9 Å². The van der Waals surface area contributed by atoms with Crippen LogP contribution in [0.15, 0.2) is 18.2 Å². The fourth-order valence-electron chi connectivity index (χ4n) is 1.97. The van der Waals surface area contributed by atoms with Crippen LogP contribution in [-0.4, -0.2) is 18.6 Å². The first-order chi connectivity index (χ1) is 8.65. The van der Waals surface area contributed by atoms with Crippen LogP contribution in [0.3, 0.4) is 0 Å². The predicted octanol–water partition coefficient (Wildman–Crippen LogP) is 3.38. The van der Waals surface area contributed by atoms with Crippen molar-refractivity contribution in [3.63, 3.8) is 0 Å². The highest BCUT2D eigenvalue weighted by molar-refractivity contribution is 6.30. The second-order valence-corrected chi connectivity index (χ2v) is 4.78. The summed E-state index contributed by atoms with van der Waals surface area (Å²) in [7, 11) is 0. The van der Waals surface area contributed by atoms with Crippen molar-refractivity contribution >= 4 is 23.2 Å². The molecule has 1 saturated heterocycles. The molecule has 1 atom stereocenters. The maximum absolute atomic E-state index is 13.4. The number of ether oxygens (including phenoxy) is 1. The van der Waals surface area contributed by atoms with Gasteiger partial charge in [-0.1, -0.05) is 11.6 Å². The smallest absolute Gasteiger partial charge is 0.224 e. The van der Waals surface area contributed by atoms with E-state index in [9.17, 15) is 9.18 Å². The van der Waals surface area contributed by atoms with Gasteiger partial charge in [-0.05, 0) is 37.5 Å². The van der Waals surface area contributed by atoms with Crippen molar-refractivity contribution in [1.82, 2.24) is 0 Å². The summed E-state index contributed by atoms with van der Waals surface area (Å²) >= 11 is 5.63. The Labute approximate surface area is 110 Å². The van der Waals surface area contributed by atoms with Gasteiger partial charge >= 0.3 is 0 Å². The van der Waals surface area contributed by atoms with E-state index in [1.807, 2.05) is 0 Å². The Balaban J connectivity index is 1.82. The highest BCUT2D eigenvalue weighted by Crippen LogP contribution is 2.20. The van der Waals surface area contributed by atoms with E-state index in [1.54, 1.807) is 6.07 Å². The number of amides is 1. The topological polar surface area (TPSA) is 38.3 Å². The third-order valence-electron chi connectivity index (χ3n) is 2.92. The summed E-state index contributed by atoms with van der Waals surface area (Å²) in [5, 5.41) is 2.84. The van der Waals surface area contributed by atoms with Gasteiger partial charge in [-0.3, -0.25) is 4.79 Å². The lowest BCUT2D eigenvalue weighted by Gasteiger charge is -2.10. The summed E-state index contributed by atoms with van der Waals surface area (Å²) in [6.45, 7) is 0.776. The molecular formula is C13H15ClFNO2. The van der Waals surface area contributed by atoms with Gasteiger partial charge in [0.25, 0.3) is 0 Å². The number of rotatable bonds is 4. The van der Waals surface area contributed by atoms with Gasteiger partial charge in [0, 0.05) is 18.1 Å². The maximum atomic E-state index is 13.4. The molecule has 0 saturated carbocycles. The number of nitrogens with one attached hydrogen (secondary N) is 1. The zero-order chi connectivity index (χ0) is 13.0. The zero-order valence-corrected chi connectivity index (χ0v) is 10.7. The van der Waals surface area contributed by atoms with Crippen molar-refractivity contribution in [3.05, 3.63) is 29.0 Å². The van der Waals surface area contributed by atoms with E-state index < -0.39 is 5.82 Å². The fraction of sp³-hybridized carbons (Fsp3) is 0.462. The van der Waals surface area contributed by atoms with Gasteiger partial charge in [-0.25, -0.2) is 4.39 Å². The van der Waals surface area contributed by atoms with Crippen LogP contribution in [0, 0.1) is 5.82 Å². The van der Waals surface area contributed by atoms with Crippen LogP contribution in [0.1, 0.15) is 25.7 Å². The molecule has 0 aliphatic carbocycles. The fourth-order valence-corrected chi connectivity index (χ4v) is 2.13. The molecule has 98 valence electrons. The molecule has 1 aromatic carbocycles. The molecule has 5 heteroatoms. The number of hydrogen-bond acceptors (Lipinski definition) is 2. The summed E-state index contributed by atoms with van der Waals surface area (Å²) in [4.78, 5) is 11.6. The van der Waals surface area contributed by atoms with Gasteiger partial charge in [0.15, 0.2) is 0 Å². The second kappa shape index (κ2) is 6.16. The van der Waals surface area contributed by atoms with Gasteiger partial charge in [-0.2, -0.15) is 0 Å². The van der Waals surface area contributed by atoms with Gasteiger partial charge in [-0.15, -0.1) is 0 Å². The molecule has 0 bridgehead atoms. The minimum atomic E-state index is -0.520. The molecule has 1 aromatic rings. The first kappa shape index (κ1) is 13.3. The molecule has 0 radical (unpaired) electrons. The van der Waals surface area contributed by atoms with Crippen LogP contribution in [0.4, 0.5) is 10.1 Å². The third kappa shape index (κ3) is 3.68. The first-order valence-electron chi connectivity index (χ1n) is 6.01. The molecule has 1 heterocycles. The SMILES string of the molecule is O=C(CC[C@H]1CCCO1)Nc1ccc(Cl)cc1F. The number of hydrogen-bond donors (Lipinski definition) is 1. The largest absolute Gasteiger partial charge is 0.378 e. The summed E-state index contributed by atoms with van der Waals surface area (Å²) in [5.74, 6) is -0.723. The van der Waals surface area contributed by atoms with Crippen LogP contribution in [0.5, 0.6) is 0 Å². The molecule has 0 aromatic heterocycles. The van der Waals surface area contributed by atoms with E-state index in [1.165, 1.54) is 12.1 Å². The standard InChI is InChI=1S/C13H15ClFNO2/c14-9-3-5-12(11(15)8-9)16-13(17)6-4-10-2-1-7-18-10/h3,5,8,10H,1-2,4,6-7H2,(H,16,17)/t10-/m1/s1. The molecule has 0 unspecified atom stereocenters. The molecule has 1 fully saturated rings. The summed E-state index contributed by atoms with van der Waals surface area (Å²) in [6.07, 6.45) is 3.25. The zero-order valence-electron chi connectivity index (χ0n) is 9.92. The van der Waals surface area contributed by atoms with E-state index >= 15 is 0 Å². The average Bonchev–Trinajstić information content (AvgIpc) is 2.83. The third-order valence-corrected chi connectivity index (χ3v) is 3.16. The van der Waals surface area contributed by atoms with Crippen molar-refractivity contribution in [1.29, 1.82) is 0 Å². The lowest BCUT2D eigenvalue weighted by atomic mass is 10.1. The van der Waals surface area contributed by atoms with Crippen LogP contribution < -0.4 is 5.32 Å². The monoisotopic (exact) mass is 271 g/mol. The lowest BCUT2D eigenvalue weighted by Crippen LogP contribution is -2.15. The Morgan fingerprint density at radius 3 is 3.06 bits per heavy atom. The van der Waals surface area contributed by atoms with Gasteiger partial charge in [0.05, 0.1) is 11.8 Å². The quantitative estimate of drug-likeness (QED) is 0.912. The Morgan fingerprint density at radius 2 is 2.39 bits per heavy atom. The summed E-state index contributed by atoms with van der Waals surface area (Å²) < 4.78 is 18.8. The van der Waals surface area contributed by atoms with E-state index in [-0.39, 0.29) is 17.7 Å². The summed E-state index contributed by atoms with van der Waals surface area (Å²) in [6, 6.07) is 4.18. The minimum absolute atomic E-state index is 0.164. The van der Waals surface area contributed by atoms with Crippen LogP contribution in [-0.2, 0) is 9.53 Å². The Kier molecular flexibility index (Phi) is 4.55. The van der Waals surface area contributed by atoms with Crippen molar-refractivity contribution in [2.45, 2.75) is 31.8 Å².